The smallest absolute Gasteiger partial charge is 0.303 e. The molecule has 0 rings (SSSR count). The van der Waals surface area contributed by atoms with E-state index in [0.29, 0.717) is 12.5 Å². The van der Waals surface area contributed by atoms with Crippen LogP contribution in [0, 0.1) is 0 Å². The van der Waals surface area contributed by atoms with Crippen molar-refractivity contribution >= 4 is 5.97 Å². The minimum atomic E-state index is -0.710. The van der Waals surface area contributed by atoms with Gasteiger partial charge in [0.15, 0.2) is 0 Å². The number of nitrogens with one attached hydrogen (secondary N) is 1. The Morgan fingerprint density at radius 3 is 2.22 bits per heavy atom. The van der Waals surface area contributed by atoms with E-state index in [1.54, 1.807) is 0 Å². The second-order valence-electron chi connectivity index (χ2n) is 5.07. The predicted molar refractivity (Wildman–Crippen MR) is 76.0 cm³/mol. The first-order chi connectivity index (χ1) is 8.49. The molecule has 0 saturated heterocycles. The molecule has 4 nitrogen and oxygen atoms in total. The Morgan fingerprint density at radius 2 is 1.72 bits per heavy atom. The minimum absolute atomic E-state index is 0.250. The lowest BCUT2D eigenvalue weighted by Gasteiger charge is -2.22. The molecule has 2 atom stereocenters. The molecular weight excluding hydrogens is 228 g/mol. The summed E-state index contributed by atoms with van der Waals surface area (Å²) in [6.07, 6.45) is 3.30. The maximum atomic E-state index is 10.5. The molecule has 0 fully saturated rings. The zero-order valence-electron chi connectivity index (χ0n) is 12.4. The molecule has 0 aliphatic carbocycles. The number of carboxylic acid groups (broad SMARTS) is 1. The van der Waals surface area contributed by atoms with Crippen molar-refractivity contribution in [3.63, 3.8) is 0 Å². The molecule has 0 heterocycles. The van der Waals surface area contributed by atoms with Crippen LogP contribution in [0.2, 0.25) is 0 Å². The van der Waals surface area contributed by atoms with Crippen LogP contribution in [-0.2, 0) is 4.79 Å². The lowest BCUT2D eigenvalue weighted by atomic mass is 10.1. The van der Waals surface area contributed by atoms with E-state index in [1.165, 1.54) is 6.42 Å². The van der Waals surface area contributed by atoms with Gasteiger partial charge in [-0.15, -0.1) is 0 Å². The van der Waals surface area contributed by atoms with Gasteiger partial charge < -0.3 is 15.3 Å². The Bertz CT molecular complexity index is 218. The van der Waals surface area contributed by atoms with Crippen LogP contribution in [0.25, 0.3) is 0 Å². The first-order valence-corrected chi connectivity index (χ1v) is 7.19. The van der Waals surface area contributed by atoms with Crippen LogP contribution in [0.4, 0.5) is 0 Å². The summed E-state index contributed by atoms with van der Waals surface area (Å²) in [7, 11) is 0. The fraction of sp³-hybridized carbons (Fsp3) is 0.929. The topological polar surface area (TPSA) is 52.6 Å². The van der Waals surface area contributed by atoms with Crippen LogP contribution in [0.1, 0.15) is 53.4 Å². The number of rotatable bonds is 11. The standard InChI is InChI=1S/C14H30N2O2/c1-5-16(6-2)11-7-8-12(3)15-13(4)9-10-14(17)18/h12-13,15H,5-11H2,1-4H3,(H,17,18). The Morgan fingerprint density at radius 1 is 1.17 bits per heavy atom. The highest BCUT2D eigenvalue weighted by molar-refractivity contribution is 5.66. The second-order valence-corrected chi connectivity index (χ2v) is 5.07. The van der Waals surface area contributed by atoms with E-state index in [1.807, 2.05) is 0 Å². The maximum absolute atomic E-state index is 10.5. The van der Waals surface area contributed by atoms with E-state index in [9.17, 15) is 4.79 Å². The van der Waals surface area contributed by atoms with Crippen LogP contribution in [0.3, 0.4) is 0 Å². The average molecular weight is 258 g/mol. The van der Waals surface area contributed by atoms with E-state index < -0.39 is 5.97 Å². The number of carboxylic acids is 1. The van der Waals surface area contributed by atoms with Crippen LogP contribution in [-0.4, -0.2) is 47.7 Å². The Hall–Kier alpha value is -0.610. The third kappa shape index (κ3) is 9.42. The van der Waals surface area contributed by atoms with Gasteiger partial charge in [-0.3, -0.25) is 4.79 Å². The van der Waals surface area contributed by atoms with Gasteiger partial charge in [0.25, 0.3) is 0 Å². The summed E-state index contributed by atoms with van der Waals surface area (Å²) in [5, 5.41) is 12.1. The van der Waals surface area contributed by atoms with Gasteiger partial charge in [0.1, 0.15) is 0 Å². The first kappa shape index (κ1) is 17.4. The number of hydrogen-bond acceptors (Lipinski definition) is 3. The van der Waals surface area contributed by atoms with Gasteiger partial charge in [-0.25, -0.2) is 0 Å². The highest BCUT2D eigenvalue weighted by Gasteiger charge is 2.09. The van der Waals surface area contributed by atoms with Gasteiger partial charge in [0, 0.05) is 18.5 Å². The van der Waals surface area contributed by atoms with Gasteiger partial charge >= 0.3 is 5.97 Å². The Labute approximate surface area is 112 Å². The summed E-state index contributed by atoms with van der Waals surface area (Å²) in [5.74, 6) is -0.710. The van der Waals surface area contributed by atoms with Crippen molar-refractivity contribution in [1.82, 2.24) is 10.2 Å². The fourth-order valence-corrected chi connectivity index (χ4v) is 2.15. The summed E-state index contributed by atoms with van der Waals surface area (Å²) in [6, 6.07) is 0.744. The molecule has 0 amide bonds. The summed E-state index contributed by atoms with van der Waals surface area (Å²) in [4.78, 5) is 12.9. The summed E-state index contributed by atoms with van der Waals surface area (Å²) in [5.41, 5.74) is 0. The summed E-state index contributed by atoms with van der Waals surface area (Å²) < 4.78 is 0. The van der Waals surface area contributed by atoms with Crippen LogP contribution >= 0.6 is 0 Å². The first-order valence-electron chi connectivity index (χ1n) is 7.19. The molecule has 0 radical (unpaired) electrons. The van der Waals surface area contributed by atoms with Crippen molar-refractivity contribution in [2.24, 2.45) is 0 Å². The van der Waals surface area contributed by atoms with Gasteiger partial charge in [-0.05, 0) is 52.7 Å². The highest BCUT2D eigenvalue weighted by Crippen LogP contribution is 2.03. The molecule has 18 heavy (non-hydrogen) atoms. The van der Waals surface area contributed by atoms with Crippen molar-refractivity contribution in [3.05, 3.63) is 0 Å². The van der Waals surface area contributed by atoms with Gasteiger partial charge in [-0.2, -0.15) is 0 Å². The van der Waals surface area contributed by atoms with Crippen LogP contribution in [0.5, 0.6) is 0 Å². The molecular formula is C14H30N2O2. The molecule has 0 aliphatic heterocycles. The van der Waals surface area contributed by atoms with E-state index in [0.717, 1.165) is 26.1 Å². The van der Waals surface area contributed by atoms with E-state index in [-0.39, 0.29) is 12.5 Å². The number of hydrogen-bond donors (Lipinski definition) is 2. The van der Waals surface area contributed by atoms with E-state index >= 15 is 0 Å². The quantitative estimate of drug-likeness (QED) is 0.597. The lowest BCUT2D eigenvalue weighted by molar-refractivity contribution is -0.137. The molecule has 108 valence electrons. The van der Waals surface area contributed by atoms with Crippen molar-refractivity contribution in [2.75, 3.05) is 19.6 Å². The van der Waals surface area contributed by atoms with Gasteiger partial charge in [0.05, 0.1) is 0 Å². The Balaban J connectivity index is 3.63. The average Bonchev–Trinajstić information content (AvgIpc) is 2.32. The Kier molecular flexibility index (Phi) is 9.98. The third-order valence-corrected chi connectivity index (χ3v) is 3.37. The molecule has 2 N–H and O–H groups in total. The van der Waals surface area contributed by atoms with Crippen LogP contribution < -0.4 is 5.32 Å². The lowest BCUT2D eigenvalue weighted by Crippen LogP contribution is -2.35. The second kappa shape index (κ2) is 10.3. The molecule has 0 bridgehead atoms. The van der Waals surface area contributed by atoms with Gasteiger partial charge in [-0.1, -0.05) is 13.8 Å². The number of carbonyl (C=O) groups is 1. The molecule has 0 spiro atoms. The van der Waals surface area contributed by atoms with Gasteiger partial charge in [0.2, 0.25) is 0 Å². The van der Waals surface area contributed by atoms with Crippen molar-refractivity contribution < 1.29 is 9.90 Å². The third-order valence-electron chi connectivity index (χ3n) is 3.37. The predicted octanol–water partition coefficient (Wildman–Crippen LogP) is 2.34. The van der Waals surface area contributed by atoms with Crippen molar-refractivity contribution in [3.8, 4) is 0 Å². The fourth-order valence-electron chi connectivity index (χ4n) is 2.15. The van der Waals surface area contributed by atoms with Crippen molar-refractivity contribution in [2.45, 2.75) is 65.5 Å². The number of aliphatic carboxylic acids is 1. The molecule has 2 unspecified atom stereocenters. The summed E-state index contributed by atoms with van der Waals surface area (Å²) >= 11 is 0. The summed E-state index contributed by atoms with van der Waals surface area (Å²) in [6.45, 7) is 12.0. The van der Waals surface area contributed by atoms with E-state index in [4.69, 9.17) is 5.11 Å². The monoisotopic (exact) mass is 258 g/mol. The maximum Gasteiger partial charge on any atom is 0.303 e. The minimum Gasteiger partial charge on any atom is -0.481 e. The van der Waals surface area contributed by atoms with Crippen LogP contribution in [0.15, 0.2) is 0 Å². The zero-order chi connectivity index (χ0) is 14.0. The SMILES string of the molecule is CCN(CC)CCCC(C)NC(C)CCC(=O)O. The van der Waals surface area contributed by atoms with Crippen molar-refractivity contribution in [1.29, 1.82) is 0 Å². The van der Waals surface area contributed by atoms with E-state index in [2.05, 4.69) is 37.9 Å². The normalized spacial score (nSPS) is 14.7. The molecule has 0 aliphatic rings. The number of nitrogens with zero attached hydrogens (tertiary/aromatic N) is 1. The zero-order valence-corrected chi connectivity index (χ0v) is 12.4. The molecule has 0 aromatic heterocycles. The highest BCUT2D eigenvalue weighted by atomic mass is 16.4. The molecule has 0 aromatic carbocycles. The largest absolute Gasteiger partial charge is 0.481 e. The molecule has 0 saturated carbocycles. The molecule has 0 aromatic rings. The molecule has 4 heteroatoms.